The number of ether oxygens (including phenoxy) is 1. The number of benzene rings is 2. The Hall–Kier alpha value is -4.59. The van der Waals surface area contributed by atoms with Crippen LogP contribution >= 0.6 is 0 Å². The van der Waals surface area contributed by atoms with Crippen molar-refractivity contribution in [2.24, 2.45) is 0 Å². The van der Waals surface area contributed by atoms with Gasteiger partial charge >= 0.3 is 0 Å². The molecule has 3 heterocycles. The van der Waals surface area contributed by atoms with Gasteiger partial charge in [0.1, 0.15) is 11.5 Å². The van der Waals surface area contributed by atoms with Crippen molar-refractivity contribution in [3.05, 3.63) is 102 Å². The minimum atomic E-state index is -0.159. The Morgan fingerprint density at radius 3 is 2.69 bits per heavy atom. The van der Waals surface area contributed by atoms with Crippen LogP contribution in [0.5, 0.6) is 11.5 Å². The first-order valence-electron chi connectivity index (χ1n) is 11.4. The van der Waals surface area contributed by atoms with Gasteiger partial charge in [0.05, 0.1) is 23.1 Å². The van der Waals surface area contributed by atoms with Crippen LogP contribution in [0, 0.1) is 6.92 Å². The molecule has 0 saturated carbocycles. The molecule has 174 valence electrons. The molecule has 8 nitrogen and oxygen atoms in total. The summed E-state index contributed by atoms with van der Waals surface area (Å²) in [5, 5.41) is 12.2. The molecule has 0 aliphatic heterocycles. The van der Waals surface area contributed by atoms with Gasteiger partial charge in [-0.15, -0.1) is 5.10 Å². The maximum atomic E-state index is 12.8. The summed E-state index contributed by atoms with van der Waals surface area (Å²) in [7, 11) is 0. The normalized spacial score (nSPS) is 10.9. The number of carbonyl (C=O) groups is 1. The molecular weight excluding hydrogens is 440 g/mol. The van der Waals surface area contributed by atoms with Crippen LogP contribution in [0.3, 0.4) is 0 Å². The van der Waals surface area contributed by atoms with E-state index in [1.165, 1.54) is 0 Å². The first-order chi connectivity index (χ1) is 17.1. The van der Waals surface area contributed by atoms with Crippen LogP contribution in [0.1, 0.15) is 34.1 Å². The molecule has 1 amide bonds. The monoisotopic (exact) mass is 464 g/mol. The SMILES string of the molecule is CCc1cn(-c2ccc3c(Oc4cccc(C(=O)NCc5ccncc5)c4C)ccnc3c2)nn1. The van der Waals surface area contributed by atoms with E-state index < -0.39 is 0 Å². The number of fused-ring (bicyclic) bond motifs is 1. The average Bonchev–Trinajstić information content (AvgIpc) is 3.38. The van der Waals surface area contributed by atoms with Crippen molar-refractivity contribution < 1.29 is 9.53 Å². The Kier molecular flexibility index (Phi) is 6.17. The Bertz CT molecular complexity index is 1500. The van der Waals surface area contributed by atoms with Gasteiger partial charge in [-0.25, -0.2) is 4.68 Å². The highest BCUT2D eigenvalue weighted by Gasteiger charge is 2.14. The molecule has 3 aromatic heterocycles. The summed E-state index contributed by atoms with van der Waals surface area (Å²) in [4.78, 5) is 21.4. The Morgan fingerprint density at radius 2 is 1.89 bits per heavy atom. The lowest BCUT2D eigenvalue weighted by Crippen LogP contribution is -2.23. The van der Waals surface area contributed by atoms with Crippen LogP contribution in [0.4, 0.5) is 0 Å². The van der Waals surface area contributed by atoms with E-state index in [0.717, 1.165) is 39.8 Å². The van der Waals surface area contributed by atoms with Gasteiger partial charge in [0.15, 0.2) is 0 Å². The molecule has 35 heavy (non-hydrogen) atoms. The number of nitrogens with zero attached hydrogens (tertiary/aromatic N) is 5. The zero-order valence-electron chi connectivity index (χ0n) is 19.5. The average molecular weight is 465 g/mol. The van der Waals surface area contributed by atoms with Crippen molar-refractivity contribution in [3.63, 3.8) is 0 Å². The minimum Gasteiger partial charge on any atom is -0.456 e. The van der Waals surface area contributed by atoms with Crippen LogP contribution in [0.2, 0.25) is 0 Å². The second-order valence-corrected chi connectivity index (χ2v) is 8.09. The van der Waals surface area contributed by atoms with Crippen LogP contribution in [0.15, 0.2) is 79.4 Å². The highest BCUT2D eigenvalue weighted by molar-refractivity contribution is 5.96. The first-order valence-corrected chi connectivity index (χ1v) is 11.4. The number of aryl methyl sites for hydroxylation is 1. The summed E-state index contributed by atoms with van der Waals surface area (Å²) in [5.41, 5.74) is 4.88. The van der Waals surface area contributed by atoms with Crippen LogP contribution < -0.4 is 10.1 Å². The van der Waals surface area contributed by atoms with E-state index in [-0.39, 0.29) is 5.91 Å². The van der Waals surface area contributed by atoms with Gasteiger partial charge in [0.25, 0.3) is 5.91 Å². The molecule has 0 radical (unpaired) electrons. The zero-order valence-corrected chi connectivity index (χ0v) is 19.5. The van der Waals surface area contributed by atoms with Gasteiger partial charge < -0.3 is 10.1 Å². The minimum absolute atomic E-state index is 0.159. The second-order valence-electron chi connectivity index (χ2n) is 8.09. The molecule has 5 aromatic rings. The molecule has 0 saturated heterocycles. The summed E-state index contributed by atoms with van der Waals surface area (Å²) >= 11 is 0. The molecule has 0 aliphatic carbocycles. The predicted octanol–water partition coefficient (Wildman–Crippen LogP) is 4.80. The van der Waals surface area contributed by atoms with E-state index in [2.05, 4.69) is 25.6 Å². The van der Waals surface area contributed by atoms with Crippen LogP contribution in [-0.2, 0) is 13.0 Å². The van der Waals surface area contributed by atoms with Crippen molar-refractivity contribution in [2.75, 3.05) is 0 Å². The summed E-state index contributed by atoms with van der Waals surface area (Å²) in [6.07, 6.45) is 7.86. The van der Waals surface area contributed by atoms with Crippen molar-refractivity contribution in [2.45, 2.75) is 26.8 Å². The topological polar surface area (TPSA) is 94.8 Å². The number of pyridine rings is 2. The van der Waals surface area contributed by atoms with Crippen LogP contribution in [-0.4, -0.2) is 30.9 Å². The molecule has 0 unspecified atom stereocenters. The largest absolute Gasteiger partial charge is 0.456 e. The molecule has 5 rings (SSSR count). The predicted molar refractivity (Wildman–Crippen MR) is 133 cm³/mol. The number of aromatic nitrogens is 5. The first kappa shape index (κ1) is 22.2. The van der Waals surface area contributed by atoms with Gasteiger partial charge in [-0.05, 0) is 67.4 Å². The summed E-state index contributed by atoms with van der Waals surface area (Å²) in [5.74, 6) is 1.11. The third-order valence-electron chi connectivity index (χ3n) is 5.80. The fourth-order valence-electron chi connectivity index (χ4n) is 3.80. The smallest absolute Gasteiger partial charge is 0.251 e. The molecule has 8 heteroatoms. The van der Waals surface area contributed by atoms with E-state index in [4.69, 9.17) is 4.74 Å². The van der Waals surface area contributed by atoms with E-state index in [1.807, 2.05) is 68.6 Å². The molecule has 0 bridgehead atoms. The fourth-order valence-corrected chi connectivity index (χ4v) is 3.80. The van der Waals surface area contributed by atoms with Gasteiger partial charge in [-0.2, -0.15) is 0 Å². The summed E-state index contributed by atoms with van der Waals surface area (Å²) < 4.78 is 8.02. The lowest BCUT2D eigenvalue weighted by atomic mass is 10.1. The number of amides is 1. The lowest BCUT2D eigenvalue weighted by molar-refractivity contribution is 0.0950. The Labute approximate surface area is 202 Å². The Balaban J connectivity index is 1.39. The maximum Gasteiger partial charge on any atom is 0.251 e. The third-order valence-corrected chi connectivity index (χ3v) is 5.80. The molecule has 0 fully saturated rings. The van der Waals surface area contributed by atoms with Crippen molar-refractivity contribution in [3.8, 4) is 17.2 Å². The highest BCUT2D eigenvalue weighted by Crippen LogP contribution is 2.32. The molecule has 1 N–H and O–H groups in total. The lowest BCUT2D eigenvalue weighted by Gasteiger charge is -2.14. The van der Waals surface area contributed by atoms with Gasteiger partial charge in [-0.1, -0.05) is 18.2 Å². The van der Waals surface area contributed by atoms with Gasteiger partial charge in [-0.3, -0.25) is 14.8 Å². The zero-order chi connectivity index (χ0) is 24.2. The van der Waals surface area contributed by atoms with E-state index in [1.54, 1.807) is 29.3 Å². The number of carbonyl (C=O) groups excluding carboxylic acids is 1. The van der Waals surface area contributed by atoms with E-state index in [0.29, 0.717) is 23.6 Å². The number of hydrogen-bond donors (Lipinski definition) is 1. The maximum absolute atomic E-state index is 12.8. The molecule has 0 spiro atoms. The Morgan fingerprint density at radius 1 is 1.03 bits per heavy atom. The van der Waals surface area contributed by atoms with E-state index in [9.17, 15) is 4.79 Å². The quantitative estimate of drug-likeness (QED) is 0.372. The highest BCUT2D eigenvalue weighted by atomic mass is 16.5. The molecule has 0 atom stereocenters. The standard InChI is InChI=1S/C27H24N6O2/c1-3-20-17-33(32-31-20)21-7-8-23-24(15-21)29-14-11-26(23)35-25-6-4-5-22(18(25)2)27(34)30-16-19-9-12-28-13-10-19/h4-15,17H,3,16H2,1-2H3,(H,30,34). The summed E-state index contributed by atoms with van der Waals surface area (Å²) in [6, 6.07) is 16.9. The third kappa shape index (κ3) is 4.72. The van der Waals surface area contributed by atoms with E-state index >= 15 is 0 Å². The fraction of sp³-hybridized carbons (Fsp3) is 0.148. The number of rotatable bonds is 7. The van der Waals surface area contributed by atoms with Crippen LogP contribution in [0.25, 0.3) is 16.6 Å². The van der Waals surface area contributed by atoms with Crippen molar-refractivity contribution in [1.82, 2.24) is 30.3 Å². The van der Waals surface area contributed by atoms with Gasteiger partial charge in [0, 0.05) is 41.6 Å². The van der Waals surface area contributed by atoms with Gasteiger partial charge in [0.2, 0.25) is 0 Å². The van der Waals surface area contributed by atoms with Crippen molar-refractivity contribution in [1.29, 1.82) is 0 Å². The number of nitrogens with one attached hydrogen (secondary N) is 1. The number of hydrogen-bond acceptors (Lipinski definition) is 6. The molecule has 2 aromatic carbocycles. The van der Waals surface area contributed by atoms with Crippen molar-refractivity contribution >= 4 is 16.8 Å². The second kappa shape index (κ2) is 9.72. The molecule has 0 aliphatic rings. The molecular formula is C27H24N6O2. The summed E-state index contributed by atoms with van der Waals surface area (Å²) in [6.45, 7) is 4.35.